The molecule has 1 aromatic heterocycles. The fraction of sp³-hybridized carbons (Fsp3) is 0.778. The van der Waals surface area contributed by atoms with Gasteiger partial charge in [-0.3, -0.25) is 4.99 Å². The number of hydrogen-bond acceptors (Lipinski definition) is 4. The van der Waals surface area contributed by atoms with Gasteiger partial charge in [-0.1, -0.05) is 13.8 Å². The summed E-state index contributed by atoms with van der Waals surface area (Å²) in [5.41, 5.74) is 1.18. The lowest BCUT2D eigenvalue weighted by Crippen LogP contribution is -2.45. The smallest absolute Gasteiger partial charge is 0.191 e. The molecular formula is C18H34IN5S. The molecule has 5 nitrogen and oxygen atoms in total. The minimum Gasteiger partial charge on any atom is -0.356 e. The SMILES string of the molecule is CN=C(NCc1nc(C(C)C)cs1)NCC1CCCN(C(C)C)C1.I. The fourth-order valence-corrected chi connectivity index (χ4v) is 3.92. The molecule has 0 radical (unpaired) electrons. The molecule has 0 amide bonds. The van der Waals surface area contributed by atoms with Crippen molar-refractivity contribution in [1.29, 1.82) is 0 Å². The van der Waals surface area contributed by atoms with Crippen LogP contribution in [-0.4, -0.2) is 48.6 Å². The first-order valence-corrected chi connectivity index (χ1v) is 10.0. The predicted octanol–water partition coefficient (Wildman–Crippen LogP) is 3.67. The van der Waals surface area contributed by atoms with E-state index in [1.807, 2.05) is 7.05 Å². The second-order valence-corrected chi connectivity index (χ2v) is 8.17. The van der Waals surface area contributed by atoms with Gasteiger partial charge in [-0.05, 0) is 45.1 Å². The van der Waals surface area contributed by atoms with Gasteiger partial charge in [0.25, 0.3) is 0 Å². The topological polar surface area (TPSA) is 52.6 Å². The number of aromatic nitrogens is 1. The van der Waals surface area contributed by atoms with Crippen LogP contribution in [0.2, 0.25) is 0 Å². The Labute approximate surface area is 174 Å². The van der Waals surface area contributed by atoms with Crippen LogP contribution in [0.1, 0.15) is 57.2 Å². The summed E-state index contributed by atoms with van der Waals surface area (Å²) in [6.45, 7) is 13.1. The van der Waals surface area contributed by atoms with Crippen LogP contribution in [0, 0.1) is 5.92 Å². The van der Waals surface area contributed by atoms with Crippen LogP contribution >= 0.6 is 35.3 Å². The summed E-state index contributed by atoms with van der Waals surface area (Å²) >= 11 is 1.72. The summed E-state index contributed by atoms with van der Waals surface area (Å²) in [5.74, 6) is 2.06. The molecule has 2 heterocycles. The first-order valence-electron chi connectivity index (χ1n) is 9.12. The van der Waals surface area contributed by atoms with Gasteiger partial charge in [-0.15, -0.1) is 35.3 Å². The summed E-state index contributed by atoms with van der Waals surface area (Å²) in [5, 5.41) is 10.1. The Kier molecular flexibility index (Phi) is 10.3. The first kappa shape index (κ1) is 22.6. The zero-order valence-corrected chi connectivity index (χ0v) is 19.4. The summed E-state index contributed by atoms with van der Waals surface area (Å²) in [6.07, 6.45) is 2.60. The number of halogens is 1. The van der Waals surface area contributed by atoms with Crippen molar-refractivity contribution in [3.8, 4) is 0 Å². The lowest BCUT2D eigenvalue weighted by Gasteiger charge is -2.35. The van der Waals surface area contributed by atoms with E-state index in [2.05, 4.69) is 58.6 Å². The highest BCUT2D eigenvalue weighted by molar-refractivity contribution is 14.0. The Morgan fingerprint density at radius 3 is 2.72 bits per heavy atom. The Balaban J connectivity index is 0.00000312. The summed E-state index contributed by atoms with van der Waals surface area (Å²) < 4.78 is 0. The van der Waals surface area contributed by atoms with Gasteiger partial charge in [0.1, 0.15) is 5.01 Å². The van der Waals surface area contributed by atoms with Crippen molar-refractivity contribution in [3.05, 3.63) is 16.1 Å². The van der Waals surface area contributed by atoms with E-state index in [1.165, 1.54) is 31.6 Å². The van der Waals surface area contributed by atoms with Crippen LogP contribution in [0.3, 0.4) is 0 Å². The van der Waals surface area contributed by atoms with Crippen molar-refractivity contribution in [3.63, 3.8) is 0 Å². The summed E-state index contributed by atoms with van der Waals surface area (Å²) in [4.78, 5) is 11.6. The normalized spacial score (nSPS) is 19.2. The third-order valence-electron chi connectivity index (χ3n) is 4.63. The lowest BCUT2D eigenvalue weighted by atomic mass is 9.97. The maximum absolute atomic E-state index is 4.66. The number of nitrogens with one attached hydrogen (secondary N) is 2. The molecule has 1 fully saturated rings. The van der Waals surface area contributed by atoms with E-state index in [1.54, 1.807) is 11.3 Å². The third-order valence-corrected chi connectivity index (χ3v) is 5.50. The van der Waals surface area contributed by atoms with Gasteiger partial charge in [0.2, 0.25) is 0 Å². The highest BCUT2D eigenvalue weighted by Crippen LogP contribution is 2.18. The maximum atomic E-state index is 4.66. The van der Waals surface area contributed by atoms with Gasteiger partial charge in [0.15, 0.2) is 5.96 Å². The van der Waals surface area contributed by atoms with Crippen LogP contribution in [-0.2, 0) is 6.54 Å². The van der Waals surface area contributed by atoms with Crippen LogP contribution in [0.15, 0.2) is 10.4 Å². The molecule has 0 spiro atoms. The first-order chi connectivity index (χ1) is 11.5. The van der Waals surface area contributed by atoms with Gasteiger partial charge in [-0.25, -0.2) is 4.98 Å². The minimum atomic E-state index is 0. The average Bonchev–Trinajstić information content (AvgIpc) is 3.04. The number of thiazole rings is 1. The molecule has 0 saturated carbocycles. The molecule has 1 aliphatic rings. The van der Waals surface area contributed by atoms with Crippen molar-refractivity contribution in [2.24, 2.45) is 10.9 Å². The lowest BCUT2D eigenvalue weighted by molar-refractivity contribution is 0.141. The third kappa shape index (κ3) is 7.38. The minimum absolute atomic E-state index is 0. The monoisotopic (exact) mass is 479 g/mol. The molecule has 1 aliphatic heterocycles. The van der Waals surface area contributed by atoms with E-state index in [9.17, 15) is 0 Å². The Hall–Kier alpha value is -0.410. The van der Waals surface area contributed by atoms with E-state index >= 15 is 0 Å². The molecule has 1 unspecified atom stereocenters. The summed E-state index contributed by atoms with van der Waals surface area (Å²) in [6, 6.07) is 0.644. The fourth-order valence-electron chi connectivity index (χ4n) is 3.03. The standard InChI is InChI=1S/C18H33N5S.HI/c1-13(2)16-12-24-17(22-16)10-21-18(19-5)20-9-15-7-6-8-23(11-15)14(3)4;/h12-15H,6-11H2,1-5H3,(H2,19,20,21);1H. The molecule has 144 valence electrons. The number of piperidine rings is 1. The number of nitrogens with zero attached hydrogens (tertiary/aromatic N) is 3. The van der Waals surface area contributed by atoms with Gasteiger partial charge >= 0.3 is 0 Å². The molecule has 1 saturated heterocycles. The van der Waals surface area contributed by atoms with Crippen molar-refractivity contribution < 1.29 is 0 Å². The number of rotatable bonds is 6. The zero-order chi connectivity index (χ0) is 17.5. The number of guanidine groups is 1. The molecule has 1 aromatic rings. The molecule has 25 heavy (non-hydrogen) atoms. The highest BCUT2D eigenvalue weighted by Gasteiger charge is 2.21. The van der Waals surface area contributed by atoms with Gasteiger partial charge < -0.3 is 15.5 Å². The molecule has 1 atom stereocenters. The van der Waals surface area contributed by atoms with E-state index in [4.69, 9.17) is 0 Å². The number of likely N-dealkylation sites (tertiary alicyclic amines) is 1. The largest absolute Gasteiger partial charge is 0.356 e. The van der Waals surface area contributed by atoms with E-state index in [0.29, 0.717) is 17.9 Å². The molecular weight excluding hydrogens is 445 g/mol. The van der Waals surface area contributed by atoms with Crippen molar-refractivity contribution in [2.75, 3.05) is 26.7 Å². The molecule has 0 bridgehead atoms. The van der Waals surface area contributed by atoms with Gasteiger partial charge in [0.05, 0.1) is 12.2 Å². The van der Waals surface area contributed by atoms with Crippen LogP contribution in [0.25, 0.3) is 0 Å². The molecule has 2 N–H and O–H groups in total. The summed E-state index contributed by atoms with van der Waals surface area (Å²) in [7, 11) is 1.83. The maximum Gasteiger partial charge on any atom is 0.191 e. The van der Waals surface area contributed by atoms with E-state index < -0.39 is 0 Å². The van der Waals surface area contributed by atoms with E-state index in [0.717, 1.165) is 24.1 Å². The molecule has 2 rings (SSSR count). The van der Waals surface area contributed by atoms with Crippen LogP contribution in [0.5, 0.6) is 0 Å². The Morgan fingerprint density at radius 2 is 2.12 bits per heavy atom. The molecule has 0 aliphatic carbocycles. The van der Waals surface area contributed by atoms with Crippen molar-refractivity contribution >= 4 is 41.3 Å². The zero-order valence-electron chi connectivity index (χ0n) is 16.2. The van der Waals surface area contributed by atoms with Gasteiger partial charge in [0, 0.05) is 31.6 Å². The number of hydrogen-bond donors (Lipinski definition) is 2. The number of aliphatic imine (C=N–C) groups is 1. The van der Waals surface area contributed by atoms with Crippen LogP contribution in [0.4, 0.5) is 0 Å². The quantitative estimate of drug-likeness (QED) is 0.372. The second-order valence-electron chi connectivity index (χ2n) is 7.22. The second kappa shape index (κ2) is 11.3. The van der Waals surface area contributed by atoms with E-state index in [-0.39, 0.29) is 24.0 Å². The molecule has 0 aromatic carbocycles. The van der Waals surface area contributed by atoms with Gasteiger partial charge in [-0.2, -0.15) is 0 Å². The van der Waals surface area contributed by atoms with Crippen molar-refractivity contribution in [2.45, 2.75) is 59.0 Å². The highest BCUT2D eigenvalue weighted by atomic mass is 127. The molecule has 7 heteroatoms. The predicted molar refractivity (Wildman–Crippen MR) is 119 cm³/mol. The average molecular weight is 479 g/mol. The Morgan fingerprint density at radius 1 is 1.36 bits per heavy atom. The van der Waals surface area contributed by atoms with Crippen LogP contribution < -0.4 is 10.6 Å². The Bertz CT molecular complexity index is 529. The van der Waals surface area contributed by atoms with Crippen molar-refractivity contribution in [1.82, 2.24) is 20.5 Å².